The standard InChI is InChI=1S/C11H14FN3O2/c1-7-5-8(12)3-4-9(7)14-6-10(16)15-11(17)13-2/h3-5,14H,6H2,1-2H3,(H2,13,15,16,17). The van der Waals surface area contributed by atoms with Crippen LogP contribution in [-0.4, -0.2) is 25.5 Å². The van der Waals surface area contributed by atoms with Crippen LogP contribution < -0.4 is 16.0 Å². The van der Waals surface area contributed by atoms with Gasteiger partial charge in [-0.15, -0.1) is 0 Å². The van der Waals surface area contributed by atoms with Crippen LogP contribution in [0.15, 0.2) is 18.2 Å². The van der Waals surface area contributed by atoms with Gasteiger partial charge in [-0.2, -0.15) is 0 Å². The lowest BCUT2D eigenvalue weighted by molar-refractivity contribution is -0.118. The smallest absolute Gasteiger partial charge is 0.321 e. The molecule has 0 spiro atoms. The van der Waals surface area contributed by atoms with Gasteiger partial charge in [0.2, 0.25) is 5.91 Å². The molecule has 17 heavy (non-hydrogen) atoms. The topological polar surface area (TPSA) is 70.2 Å². The first-order valence-electron chi connectivity index (χ1n) is 5.04. The molecule has 0 saturated heterocycles. The quantitative estimate of drug-likeness (QED) is 0.737. The van der Waals surface area contributed by atoms with E-state index in [0.717, 1.165) is 0 Å². The SMILES string of the molecule is CNC(=O)NC(=O)CNc1ccc(F)cc1C. The maximum Gasteiger partial charge on any atom is 0.321 e. The van der Waals surface area contributed by atoms with Crippen LogP contribution in [0.1, 0.15) is 5.56 Å². The van der Waals surface area contributed by atoms with Crippen LogP contribution in [0.25, 0.3) is 0 Å². The van der Waals surface area contributed by atoms with E-state index >= 15 is 0 Å². The van der Waals surface area contributed by atoms with Gasteiger partial charge in [0.1, 0.15) is 5.82 Å². The predicted molar refractivity (Wildman–Crippen MR) is 62.2 cm³/mol. The zero-order valence-corrected chi connectivity index (χ0v) is 9.63. The number of carbonyl (C=O) groups excluding carboxylic acids is 2. The average molecular weight is 239 g/mol. The zero-order valence-electron chi connectivity index (χ0n) is 9.63. The van der Waals surface area contributed by atoms with Crippen LogP contribution in [0.3, 0.4) is 0 Å². The Kier molecular flexibility index (Phi) is 4.45. The third-order valence-electron chi connectivity index (χ3n) is 2.11. The largest absolute Gasteiger partial charge is 0.376 e. The Morgan fingerprint density at radius 1 is 1.35 bits per heavy atom. The number of nitrogens with one attached hydrogen (secondary N) is 3. The van der Waals surface area contributed by atoms with E-state index in [2.05, 4.69) is 16.0 Å². The number of urea groups is 1. The van der Waals surface area contributed by atoms with Crippen LogP contribution >= 0.6 is 0 Å². The van der Waals surface area contributed by atoms with Crippen molar-refractivity contribution in [2.24, 2.45) is 0 Å². The fourth-order valence-corrected chi connectivity index (χ4v) is 1.23. The molecular weight excluding hydrogens is 225 g/mol. The monoisotopic (exact) mass is 239 g/mol. The molecule has 0 radical (unpaired) electrons. The molecule has 1 aromatic carbocycles. The first-order valence-corrected chi connectivity index (χ1v) is 5.04. The van der Waals surface area contributed by atoms with Crippen molar-refractivity contribution in [3.05, 3.63) is 29.6 Å². The van der Waals surface area contributed by atoms with Gasteiger partial charge in [-0.25, -0.2) is 9.18 Å². The Labute approximate surface area is 98.4 Å². The van der Waals surface area contributed by atoms with E-state index in [4.69, 9.17) is 0 Å². The van der Waals surface area contributed by atoms with E-state index in [9.17, 15) is 14.0 Å². The average Bonchev–Trinajstić information content (AvgIpc) is 2.27. The molecule has 0 atom stereocenters. The first kappa shape index (κ1) is 13.0. The minimum atomic E-state index is -0.562. The number of aryl methyl sites for hydroxylation is 1. The molecule has 0 saturated carbocycles. The maximum atomic E-state index is 12.8. The summed E-state index contributed by atoms with van der Waals surface area (Å²) in [7, 11) is 1.42. The molecule has 6 heteroatoms. The molecule has 0 aliphatic rings. The molecule has 0 heterocycles. The Hall–Kier alpha value is -2.11. The summed E-state index contributed by atoms with van der Waals surface area (Å²) in [6, 6.07) is 3.63. The molecule has 0 aliphatic heterocycles. The molecule has 0 unspecified atom stereocenters. The highest BCUT2D eigenvalue weighted by atomic mass is 19.1. The van der Waals surface area contributed by atoms with Gasteiger partial charge in [0.25, 0.3) is 0 Å². The van der Waals surface area contributed by atoms with Gasteiger partial charge in [0.05, 0.1) is 6.54 Å². The molecule has 0 bridgehead atoms. The summed E-state index contributed by atoms with van der Waals surface area (Å²) in [6.45, 7) is 1.67. The van der Waals surface area contributed by atoms with Crippen molar-refractivity contribution >= 4 is 17.6 Å². The number of halogens is 1. The van der Waals surface area contributed by atoms with Gasteiger partial charge >= 0.3 is 6.03 Å². The van der Waals surface area contributed by atoms with Crippen LogP contribution in [0.5, 0.6) is 0 Å². The molecule has 0 aliphatic carbocycles. The molecule has 0 fully saturated rings. The summed E-state index contributed by atoms with van der Waals surface area (Å²) in [5.74, 6) is -0.795. The highest BCUT2D eigenvalue weighted by molar-refractivity contribution is 5.96. The van der Waals surface area contributed by atoms with Crippen molar-refractivity contribution in [2.75, 3.05) is 18.9 Å². The highest BCUT2D eigenvalue weighted by Crippen LogP contribution is 2.14. The van der Waals surface area contributed by atoms with Gasteiger partial charge < -0.3 is 10.6 Å². The van der Waals surface area contributed by atoms with E-state index in [1.165, 1.54) is 25.2 Å². The van der Waals surface area contributed by atoms with Gasteiger partial charge in [-0.1, -0.05) is 0 Å². The molecule has 0 aromatic heterocycles. The van der Waals surface area contributed by atoms with Crippen LogP contribution in [-0.2, 0) is 4.79 Å². The number of hydrogen-bond donors (Lipinski definition) is 3. The van der Waals surface area contributed by atoms with Gasteiger partial charge in [0.15, 0.2) is 0 Å². The van der Waals surface area contributed by atoms with Crippen molar-refractivity contribution in [2.45, 2.75) is 6.92 Å². The van der Waals surface area contributed by atoms with Crippen molar-refractivity contribution < 1.29 is 14.0 Å². The number of rotatable bonds is 3. The summed E-state index contributed by atoms with van der Waals surface area (Å²) >= 11 is 0. The minimum Gasteiger partial charge on any atom is -0.376 e. The molecule has 3 amide bonds. The summed E-state index contributed by atoms with van der Waals surface area (Å²) in [6.07, 6.45) is 0. The maximum absolute atomic E-state index is 12.8. The molecule has 5 nitrogen and oxygen atoms in total. The van der Waals surface area contributed by atoms with Crippen molar-refractivity contribution in [3.63, 3.8) is 0 Å². The van der Waals surface area contributed by atoms with E-state index in [1.807, 2.05) is 0 Å². The number of imide groups is 1. The van der Waals surface area contributed by atoms with Crippen LogP contribution in [0, 0.1) is 12.7 Å². The van der Waals surface area contributed by atoms with Crippen molar-refractivity contribution in [3.8, 4) is 0 Å². The zero-order chi connectivity index (χ0) is 12.8. The number of hydrogen-bond acceptors (Lipinski definition) is 3. The second-order valence-corrected chi connectivity index (χ2v) is 3.44. The lowest BCUT2D eigenvalue weighted by atomic mass is 10.2. The van der Waals surface area contributed by atoms with E-state index in [1.54, 1.807) is 6.92 Å². The normalized spacial score (nSPS) is 9.59. The van der Waals surface area contributed by atoms with Gasteiger partial charge in [-0.3, -0.25) is 10.1 Å². The number of carbonyl (C=O) groups is 2. The molecular formula is C11H14FN3O2. The van der Waals surface area contributed by atoms with Gasteiger partial charge in [0, 0.05) is 12.7 Å². The Morgan fingerprint density at radius 3 is 2.65 bits per heavy atom. The third kappa shape index (κ3) is 4.10. The lowest BCUT2D eigenvalue weighted by Crippen LogP contribution is -2.40. The second-order valence-electron chi connectivity index (χ2n) is 3.44. The van der Waals surface area contributed by atoms with E-state index < -0.39 is 11.9 Å². The van der Waals surface area contributed by atoms with E-state index in [0.29, 0.717) is 11.3 Å². The second kappa shape index (κ2) is 5.83. The minimum absolute atomic E-state index is 0.0557. The Morgan fingerprint density at radius 2 is 2.06 bits per heavy atom. The van der Waals surface area contributed by atoms with Crippen molar-refractivity contribution in [1.82, 2.24) is 10.6 Å². The van der Waals surface area contributed by atoms with Crippen LogP contribution in [0.4, 0.5) is 14.9 Å². The highest BCUT2D eigenvalue weighted by Gasteiger charge is 2.06. The molecule has 1 aromatic rings. The number of amides is 3. The predicted octanol–water partition coefficient (Wildman–Crippen LogP) is 1.00. The Bertz CT molecular complexity index is 435. The fraction of sp³-hybridized carbons (Fsp3) is 0.273. The molecule has 92 valence electrons. The molecule has 3 N–H and O–H groups in total. The summed E-state index contributed by atoms with van der Waals surface area (Å²) in [4.78, 5) is 22.1. The third-order valence-corrected chi connectivity index (χ3v) is 2.11. The van der Waals surface area contributed by atoms with E-state index in [-0.39, 0.29) is 12.4 Å². The number of benzene rings is 1. The number of anilines is 1. The molecule has 1 rings (SSSR count). The summed E-state index contributed by atoms with van der Waals surface area (Å²) in [5.41, 5.74) is 1.34. The van der Waals surface area contributed by atoms with Gasteiger partial charge in [-0.05, 0) is 30.7 Å². The fourth-order valence-electron chi connectivity index (χ4n) is 1.23. The summed E-state index contributed by atoms with van der Waals surface area (Å²) < 4.78 is 12.8. The Balaban J connectivity index is 2.50. The first-order chi connectivity index (χ1) is 8.02. The van der Waals surface area contributed by atoms with Crippen molar-refractivity contribution in [1.29, 1.82) is 0 Å². The van der Waals surface area contributed by atoms with Crippen LogP contribution in [0.2, 0.25) is 0 Å². The lowest BCUT2D eigenvalue weighted by Gasteiger charge is -2.09. The summed E-state index contributed by atoms with van der Waals surface area (Å²) in [5, 5.41) is 7.18.